The molecule has 0 saturated carbocycles. The second kappa shape index (κ2) is 9.73. The Morgan fingerprint density at radius 2 is 1.61 bits per heavy atom. The largest absolute Gasteiger partial charge is 0.493 e. The van der Waals surface area contributed by atoms with E-state index in [2.05, 4.69) is 0 Å². The highest BCUT2D eigenvalue weighted by Gasteiger charge is 2.24. The van der Waals surface area contributed by atoms with Gasteiger partial charge in [-0.3, -0.25) is 0 Å². The van der Waals surface area contributed by atoms with Gasteiger partial charge in [-0.1, -0.05) is 43.6 Å². The van der Waals surface area contributed by atoms with Crippen LogP contribution in [0.5, 0.6) is 5.75 Å². The maximum absolute atomic E-state index is 12.9. The van der Waals surface area contributed by atoms with Crippen LogP contribution in [0.1, 0.15) is 19.4 Å². The van der Waals surface area contributed by atoms with E-state index in [4.69, 9.17) is 16.3 Å². The summed E-state index contributed by atoms with van der Waals surface area (Å²) in [5.41, 5.74) is 0.728. The molecule has 2 rings (SSSR count). The normalized spacial score (nSPS) is 12.3. The third-order valence-electron chi connectivity index (χ3n) is 4.22. The summed E-state index contributed by atoms with van der Waals surface area (Å²) in [6.45, 7) is 3.83. The van der Waals surface area contributed by atoms with Crippen molar-refractivity contribution in [1.29, 1.82) is 0 Å². The molecule has 6 nitrogen and oxygen atoms in total. The van der Waals surface area contributed by atoms with Gasteiger partial charge in [0.15, 0.2) is 9.84 Å². The van der Waals surface area contributed by atoms with Gasteiger partial charge in [-0.15, -0.1) is 0 Å². The van der Waals surface area contributed by atoms with Crippen molar-refractivity contribution in [3.63, 3.8) is 0 Å². The zero-order valence-corrected chi connectivity index (χ0v) is 18.2. The minimum absolute atomic E-state index is 0.0237. The van der Waals surface area contributed by atoms with Gasteiger partial charge in [0.05, 0.1) is 10.6 Å². The first-order valence-corrected chi connectivity index (χ1v) is 12.5. The molecule has 9 heteroatoms. The molecule has 0 aliphatic carbocycles. The fourth-order valence-electron chi connectivity index (χ4n) is 2.47. The van der Waals surface area contributed by atoms with E-state index in [1.807, 2.05) is 6.07 Å². The molecule has 0 saturated heterocycles. The maximum atomic E-state index is 12.9. The predicted octanol–water partition coefficient (Wildman–Crippen LogP) is 3.36. The van der Waals surface area contributed by atoms with Crippen molar-refractivity contribution in [3.8, 4) is 5.75 Å². The molecule has 28 heavy (non-hydrogen) atoms. The fourth-order valence-corrected chi connectivity index (χ4v) is 4.72. The van der Waals surface area contributed by atoms with Gasteiger partial charge >= 0.3 is 0 Å². The van der Waals surface area contributed by atoms with Crippen molar-refractivity contribution >= 4 is 31.5 Å². The highest BCUT2D eigenvalue weighted by atomic mass is 35.5. The zero-order valence-electron chi connectivity index (χ0n) is 15.8. The minimum atomic E-state index is -3.71. The fraction of sp³-hybridized carbons (Fsp3) is 0.368. The highest BCUT2D eigenvalue weighted by Crippen LogP contribution is 2.23. The average molecular weight is 446 g/mol. The lowest BCUT2D eigenvalue weighted by atomic mass is 10.2. The Morgan fingerprint density at radius 1 is 0.964 bits per heavy atom. The lowest BCUT2D eigenvalue weighted by Crippen LogP contribution is -2.30. The molecule has 2 aromatic carbocycles. The molecule has 0 amide bonds. The first-order valence-electron chi connectivity index (χ1n) is 8.86. The average Bonchev–Trinajstić information content (AvgIpc) is 2.67. The SMILES string of the molecule is CCN(Cc1ccccc1Cl)S(=O)(=O)c1ccc(OCCS(=O)(=O)CC)cc1. The zero-order chi connectivity index (χ0) is 20.8. The van der Waals surface area contributed by atoms with Gasteiger partial charge in [0.1, 0.15) is 12.4 Å². The number of sulfone groups is 1. The Labute approximate surface area is 172 Å². The van der Waals surface area contributed by atoms with Crippen molar-refractivity contribution < 1.29 is 21.6 Å². The Morgan fingerprint density at radius 3 is 2.18 bits per heavy atom. The van der Waals surface area contributed by atoms with Crippen molar-refractivity contribution in [2.75, 3.05) is 24.7 Å². The first-order chi connectivity index (χ1) is 13.2. The van der Waals surface area contributed by atoms with E-state index in [-0.39, 0.29) is 29.6 Å². The third-order valence-corrected chi connectivity index (χ3v) is 8.19. The molecule has 0 heterocycles. The molecule has 154 valence electrons. The molecule has 0 aromatic heterocycles. The molecule has 0 bridgehead atoms. The van der Waals surface area contributed by atoms with Crippen LogP contribution in [-0.4, -0.2) is 45.8 Å². The molecular weight excluding hydrogens is 422 g/mol. The van der Waals surface area contributed by atoms with Crippen molar-refractivity contribution in [2.24, 2.45) is 0 Å². The van der Waals surface area contributed by atoms with Crippen LogP contribution in [0.3, 0.4) is 0 Å². The van der Waals surface area contributed by atoms with Gasteiger partial charge in [-0.05, 0) is 35.9 Å². The summed E-state index contributed by atoms with van der Waals surface area (Å²) >= 11 is 6.15. The summed E-state index contributed by atoms with van der Waals surface area (Å²) in [4.78, 5) is 0.134. The molecule has 0 unspecified atom stereocenters. The number of ether oxygens (including phenoxy) is 1. The van der Waals surface area contributed by atoms with Crippen LogP contribution in [0.2, 0.25) is 5.02 Å². The van der Waals surface area contributed by atoms with Crippen LogP contribution >= 0.6 is 11.6 Å². The number of sulfonamides is 1. The summed E-state index contributed by atoms with van der Waals surface area (Å²) < 4.78 is 55.6. The van der Waals surface area contributed by atoms with E-state index < -0.39 is 19.9 Å². The van der Waals surface area contributed by atoms with Crippen LogP contribution in [0.15, 0.2) is 53.4 Å². The van der Waals surface area contributed by atoms with Gasteiger partial charge < -0.3 is 4.74 Å². The van der Waals surface area contributed by atoms with E-state index >= 15 is 0 Å². The number of halogens is 1. The molecule has 0 aliphatic heterocycles. The summed E-state index contributed by atoms with van der Waals surface area (Å²) in [6, 6.07) is 13.1. The molecular formula is C19H24ClNO5S2. The van der Waals surface area contributed by atoms with E-state index in [1.165, 1.54) is 28.6 Å². The Hall–Kier alpha value is -1.61. The third kappa shape index (κ3) is 5.94. The van der Waals surface area contributed by atoms with Crippen molar-refractivity contribution in [3.05, 3.63) is 59.1 Å². The van der Waals surface area contributed by atoms with E-state index in [9.17, 15) is 16.8 Å². The number of rotatable bonds is 10. The summed E-state index contributed by atoms with van der Waals surface area (Å²) in [5.74, 6) is 0.399. The molecule has 0 spiro atoms. The van der Waals surface area contributed by atoms with Crippen LogP contribution in [0, 0.1) is 0 Å². The number of benzene rings is 2. The number of hydrogen-bond donors (Lipinski definition) is 0. The Balaban J connectivity index is 2.10. The number of nitrogens with zero attached hydrogens (tertiary/aromatic N) is 1. The highest BCUT2D eigenvalue weighted by molar-refractivity contribution is 7.91. The second-order valence-electron chi connectivity index (χ2n) is 6.08. The Bertz CT molecular complexity index is 989. The standard InChI is InChI=1S/C19H24ClNO5S2/c1-3-21(15-16-7-5-6-8-19(16)20)28(24,25)18-11-9-17(10-12-18)26-13-14-27(22,23)4-2/h5-12H,3-4,13-15H2,1-2H3. The smallest absolute Gasteiger partial charge is 0.243 e. The van der Waals surface area contributed by atoms with Gasteiger partial charge in [0, 0.05) is 23.9 Å². The Kier molecular flexibility index (Phi) is 7.88. The summed E-state index contributed by atoms with van der Waals surface area (Å²) in [6.07, 6.45) is 0. The van der Waals surface area contributed by atoms with Gasteiger partial charge in [-0.2, -0.15) is 4.31 Å². The molecule has 2 aromatic rings. The van der Waals surface area contributed by atoms with Crippen molar-refractivity contribution in [1.82, 2.24) is 4.31 Å². The van der Waals surface area contributed by atoms with E-state index in [1.54, 1.807) is 32.0 Å². The maximum Gasteiger partial charge on any atom is 0.243 e. The monoisotopic (exact) mass is 445 g/mol. The van der Waals surface area contributed by atoms with Gasteiger partial charge in [0.25, 0.3) is 0 Å². The summed E-state index contributed by atoms with van der Waals surface area (Å²) in [5, 5.41) is 0.516. The van der Waals surface area contributed by atoms with Crippen LogP contribution < -0.4 is 4.74 Å². The molecule has 0 aliphatic rings. The molecule has 0 N–H and O–H groups in total. The molecule has 0 radical (unpaired) electrons. The topological polar surface area (TPSA) is 80.8 Å². The van der Waals surface area contributed by atoms with Crippen LogP contribution in [0.4, 0.5) is 0 Å². The van der Waals surface area contributed by atoms with Crippen LogP contribution in [-0.2, 0) is 26.4 Å². The predicted molar refractivity (Wildman–Crippen MR) is 111 cm³/mol. The van der Waals surface area contributed by atoms with Gasteiger partial charge in [0.2, 0.25) is 10.0 Å². The summed E-state index contributed by atoms with van der Waals surface area (Å²) in [7, 11) is -6.81. The van der Waals surface area contributed by atoms with E-state index in [0.29, 0.717) is 17.3 Å². The van der Waals surface area contributed by atoms with Crippen molar-refractivity contribution in [2.45, 2.75) is 25.3 Å². The second-order valence-corrected chi connectivity index (χ2v) is 10.9. The lowest BCUT2D eigenvalue weighted by molar-refractivity contribution is 0.340. The minimum Gasteiger partial charge on any atom is -0.493 e. The first kappa shape index (κ1) is 22.7. The number of hydrogen-bond acceptors (Lipinski definition) is 5. The molecule has 0 fully saturated rings. The quantitative estimate of drug-likeness (QED) is 0.560. The van der Waals surface area contributed by atoms with Crippen LogP contribution in [0.25, 0.3) is 0 Å². The lowest BCUT2D eigenvalue weighted by Gasteiger charge is -2.21. The van der Waals surface area contributed by atoms with Gasteiger partial charge in [-0.25, -0.2) is 16.8 Å². The molecule has 0 atom stereocenters. The van der Waals surface area contributed by atoms with E-state index in [0.717, 1.165) is 5.56 Å².